The first kappa shape index (κ1) is 19.8. The third-order valence-electron chi connectivity index (χ3n) is 5.04. The van der Waals surface area contributed by atoms with Gasteiger partial charge >= 0.3 is 0 Å². The molecule has 1 unspecified atom stereocenters. The molecule has 156 valence electrons. The van der Waals surface area contributed by atoms with Gasteiger partial charge in [0.15, 0.2) is 5.82 Å². The number of hydrogen-bond acceptors (Lipinski definition) is 6. The number of carbonyl (C=O) groups is 1. The van der Waals surface area contributed by atoms with E-state index in [1.807, 2.05) is 0 Å². The zero-order chi connectivity index (χ0) is 21.3. The van der Waals surface area contributed by atoms with Gasteiger partial charge in [0.05, 0.1) is 19.8 Å². The van der Waals surface area contributed by atoms with Gasteiger partial charge in [0.1, 0.15) is 23.1 Å². The van der Waals surface area contributed by atoms with Gasteiger partial charge in [0.2, 0.25) is 5.91 Å². The lowest BCUT2D eigenvalue weighted by Crippen LogP contribution is -2.25. The Kier molecular flexibility index (Phi) is 5.35. The maximum Gasteiger partial charge on any atom is 0.261 e. The monoisotopic (exact) mass is 415 g/mol. The first-order valence-corrected chi connectivity index (χ1v) is 9.26. The lowest BCUT2D eigenvalue weighted by Gasteiger charge is -2.16. The third-order valence-corrected chi connectivity index (χ3v) is 5.04. The highest BCUT2D eigenvalue weighted by atomic mass is 19.1. The summed E-state index contributed by atoms with van der Waals surface area (Å²) < 4.78 is 43.0. The van der Waals surface area contributed by atoms with Gasteiger partial charge < -0.3 is 18.9 Å². The molecule has 2 aromatic carbocycles. The van der Waals surface area contributed by atoms with Crippen molar-refractivity contribution in [2.75, 3.05) is 20.8 Å². The Bertz CT molecular complexity index is 1090. The van der Waals surface area contributed by atoms with E-state index in [1.165, 1.54) is 24.1 Å². The molecule has 1 fully saturated rings. The van der Waals surface area contributed by atoms with Crippen molar-refractivity contribution >= 4 is 5.91 Å². The molecule has 0 saturated carbocycles. The Morgan fingerprint density at radius 3 is 2.73 bits per heavy atom. The molecule has 0 bridgehead atoms. The number of ether oxygens (including phenoxy) is 2. The van der Waals surface area contributed by atoms with Crippen LogP contribution in [0, 0.1) is 11.6 Å². The third kappa shape index (κ3) is 3.83. The molecule has 7 nitrogen and oxygen atoms in total. The smallest absolute Gasteiger partial charge is 0.261 e. The first-order chi connectivity index (χ1) is 14.5. The number of likely N-dealkylation sites (tertiary alicyclic amines) is 1. The van der Waals surface area contributed by atoms with Crippen LogP contribution >= 0.6 is 0 Å². The van der Waals surface area contributed by atoms with E-state index < -0.39 is 11.6 Å². The highest BCUT2D eigenvalue weighted by Gasteiger charge is 2.34. The Balaban J connectivity index is 1.51. The predicted octanol–water partition coefficient (Wildman–Crippen LogP) is 3.55. The van der Waals surface area contributed by atoms with E-state index in [2.05, 4.69) is 10.1 Å². The number of amides is 1. The highest BCUT2D eigenvalue weighted by Crippen LogP contribution is 2.34. The van der Waals surface area contributed by atoms with Crippen LogP contribution in [0.5, 0.6) is 11.5 Å². The van der Waals surface area contributed by atoms with Crippen molar-refractivity contribution in [3.05, 3.63) is 59.4 Å². The minimum atomic E-state index is -0.681. The van der Waals surface area contributed by atoms with Crippen LogP contribution in [0.25, 0.3) is 11.5 Å². The number of carbonyl (C=O) groups excluding carboxylic acids is 1. The molecular formula is C21H19F2N3O4. The summed E-state index contributed by atoms with van der Waals surface area (Å²) in [5.74, 6) is 0.00820. The molecule has 1 aliphatic rings. The quantitative estimate of drug-likeness (QED) is 0.613. The lowest BCUT2D eigenvalue weighted by molar-refractivity contribution is -0.128. The largest absolute Gasteiger partial charge is 0.497 e. The molecule has 0 N–H and O–H groups in total. The minimum absolute atomic E-state index is 0.0540. The summed E-state index contributed by atoms with van der Waals surface area (Å²) in [6, 6.07) is 8.52. The fraction of sp³-hybridized carbons (Fsp3) is 0.286. The van der Waals surface area contributed by atoms with Gasteiger partial charge in [-0.15, -0.1) is 0 Å². The van der Waals surface area contributed by atoms with E-state index in [1.54, 1.807) is 25.3 Å². The van der Waals surface area contributed by atoms with Crippen LogP contribution < -0.4 is 9.47 Å². The molecule has 3 aromatic rings. The van der Waals surface area contributed by atoms with Crippen molar-refractivity contribution in [1.82, 2.24) is 15.0 Å². The number of hydrogen-bond donors (Lipinski definition) is 0. The maximum absolute atomic E-state index is 13.9. The minimum Gasteiger partial charge on any atom is -0.497 e. The molecule has 1 atom stereocenters. The van der Waals surface area contributed by atoms with Crippen LogP contribution in [0.15, 0.2) is 40.9 Å². The summed E-state index contributed by atoms with van der Waals surface area (Å²) in [6.45, 7) is 0.368. The number of methoxy groups -OCH3 is 2. The van der Waals surface area contributed by atoms with Gasteiger partial charge in [-0.2, -0.15) is 4.98 Å². The van der Waals surface area contributed by atoms with Crippen LogP contribution in [-0.2, 0) is 11.3 Å². The topological polar surface area (TPSA) is 77.7 Å². The van der Waals surface area contributed by atoms with E-state index >= 15 is 0 Å². The fourth-order valence-corrected chi connectivity index (χ4v) is 3.44. The standard InChI is InChI=1S/C21H19F2N3O4/c1-28-15-5-6-16(18(9-15)29-2)21-24-20(25-30-21)13-7-19(27)26(11-13)10-12-3-4-14(22)8-17(12)23/h3-6,8-9,13H,7,10-11H2,1-2H3. The van der Waals surface area contributed by atoms with E-state index in [0.29, 0.717) is 29.4 Å². The Hall–Kier alpha value is -3.49. The Morgan fingerprint density at radius 1 is 1.17 bits per heavy atom. The normalized spacial score (nSPS) is 16.2. The van der Waals surface area contributed by atoms with Gasteiger partial charge in [0, 0.05) is 43.1 Å². The molecule has 2 heterocycles. The second-order valence-corrected chi connectivity index (χ2v) is 6.93. The molecule has 30 heavy (non-hydrogen) atoms. The zero-order valence-electron chi connectivity index (χ0n) is 16.4. The summed E-state index contributed by atoms with van der Waals surface area (Å²) in [5, 5.41) is 4.02. The highest BCUT2D eigenvalue weighted by molar-refractivity contribution is 5.79. The molecule has 4 rings (SSSR count). The van der Waals surface area contributed by atoms with Gasteiger partial charge in [-0.05, 0) is 18.2 Å². The van der Waals surface area contributed by atoms with Gasteiger partial charge in [-0.25, -0.2) is 8.78 Å². The van der Waals surface area contributed by atoms with E-state index in [0.717, 1.165) is 6.07 Å². The van der Waals surface area contributed by atoms with E-state index in [9.17, 15) is 13.6 Å². The van der Waals surface area contributed by atoms with Gasteiger partial charge in [-0.1, -0.05) is 11.2 Å². The van der Waals surface area contributed by atoms with Crippen molar-refractivity contribution in [1.29, 1.82) is 0 Å². The lowest BCUT2D eigenvalue weighted by atomic mass is 10.1. The number of rotatable bonds is 6. The van der Waals surface area contributed by atoms with Crippen molar-refractivity contribution in [3.8, 4) is 23.0 Å². The van der Waals surface area contributed by atoms with Gasteiger partial charge in [-0.3, -0.25) is 4.79 Å². The van der Waals surface area contributed by atoms with Crippen molar-refractivity contribution in [3.63, 3.8) is 0 Å². The van der Waals surface area contributed by atoms with Crippen molar-refractivity contribution < 1.29 is 27.6 Å². The summed E-state index contributed by atoms with van der Waals surface area (Å²) in [4.78, 5) is 18.3. The van der Waals surface area contributed by atoms with Crippen molar-refractivity contribution in [2.24, 2.45) is 0 Å². The SMILES string of the molecule is COc1ccc(-c2nc(C3CC(=O)N(Cc4ccc(F)cc4F)C3)no2)c(OC)c1. The number of halogens is 2. The summed E-state index contributed by atoms with van der Waals surface area (Å²) >= 11 is 0. The van der Waals surface area contributed by atoms with E-state index in [-0.39, 0.29) is 36.2 Å². The molecular weight excluding hydrogens is 396 g/mol. The van der Waals surface area contributed by atoms with Gasteiger partial charge in [0.25, 0.3) is 5.89 Å². The molecule has 0 radical (unpaired) electrons. The van der Waals surface area contributed by atoms with Crippen LogP contribution in [-0.4, -0.2) is 41.7 Å². The Labute approximate surface area is 171 Å². The second-order valence-electron chi connectivity index (χ2n) is 6.93. The van der Waals surface area contributed by atoms with Crippen molar-refractivity contribution in [2.45, 2.75) is 18.9 Å². The average molecular weight is 415 g/mol. The van der Waals surface area contributed by atoms with Crippen LogP contribution in [0.2, 0.25) is 0 Å². The maximum atomic E-state index is 13.9. The zero-order valence-corrected chi connectivity index (χ0v) is 16.4. The Morgan fingerprint density at radius 2 is 2.00 bits per heavy atom. The number of aromatic nitrogens is 2. The predicted molar refractivity (Wildman–Crippen MR) is 102 cm³/mol. The van der Waals surface area contributed by atoms with E-state index in [4.69, 9.17) is 14.0 Å². The summed E-state index contributed by atoms with van der Waals surface area (Å²) in [7, 11) is 3.08. The molecule has 9 heteroatoms. The van der Waals surface area contributed by atoms with Crippen LogP contribution in [0.1, 0.15) is 23.7 Å². The second kappa shape index (κ2) is 8.10. The summed E-state index contributed by atoms with van der Waals surface area (Å²) in [5.41, 5.74) is 0.855. The number of benzene rings is 2. The first-order valence-electron chi connectivity index (χ1n) is 9.26. The number of nitrogens with zero attached hydrogens (tertiary/aromatic N) is 3. The van der Waals surface area contributed by atoms with Crippen LogP contribution in [0.3, 0.4) is 0 Å². The fourth-order valence-electron chi connectivity index (χ4n) is 3.44. The molecule has 1 aliphatic heterocycles. The average Bonchev–Trinajstić information content (AvgIpc) is 3.36. The van der Waals surface area contributed by atoms with Crippen LogP contribution in [0.4, 0.5) is 8.78 Å². The molecule has 1 aromatic heterocycles. The molecule has 0 spiro atoms. The molecule has 0 aliphatic carbocycles. The molecule has 1 amide bonds. The molecule has 1 saturated heterocycles. The summed E-state index contributed by atoms with van der Waals surface area (Å²) in [6.07, 6.45) is 0.182.